The van der Waals surface area contributed by atoms with Crippen molar-refractivity contribution in [3.8, 4) is 0 Å². The number of benzene rings is 1. The molecular formula is C16H24ClN3. The largest absolute Gasteiger partial charge is 0.369 e. The minimum atomic E-state index is 0.710. The van der Waals surface area contributed by atoms with Gasteiger partial charge in [-0.3, -0.25) is 4.90 Å². The quantitative estimate of drug-likeness (QED) is 0.924. The van der Waals surface area contributed by atoms with E-state index in [1.54, 1.807) is 0 Å². The molecule has 0 saturated carbocycles. The molecule has 2 heterocycles. The SMILES string of the molecule is Clc1cccc(N2CCN(CC3CCCCN3)CC2)c1. The molecule has 0 aliphatic carbocycles. The lowest BCUT2D eigenvalue weighted by molar-refractivity contribution is 0.214. The van der Waals surface area contributed by atoms with Crippen LogP contribution in [0.3, 0.4) is 0 Å². The van der Waals surface area contributed by atoms with Crippen molar-refractivity contribution < 1.29 is 0 Å². The average Bonchev–Trinajstić information content (AvgIpc) is 2.49. The molecule has 1 N–H and O–H groups in total. The van der Waals surface area contributed by atoms with Crippen LogP contribution in [0.25, 0.3) is 0 Å². The third kappa shape index (κ3) is 3.66. The monoisotopic (exact) mass is 293 g/mol. The summed E-state index contributed by atoms with van der Waals surface area (Å²) in [5, 5.41) is 4.47. The Balaban J connectivity index is 1.49. The van der Waals surface area contributed by atoms with Crippen LogP contribution < -0.4 is 10.2 Å². The van der Waals surface area contributed by atoms with Gasteiger partial charge in [0, 0.05) is 49.5 Å². The normalized spacial score (nSPS) is 24.9. The molecule has 4 heteroatoms. The van der Waals surface area contributed by atoms with Gasteiger partial charge in [0.25, 0.3) is 0 Å². The highest BCUT2D eigenvalue weighted by atomic mass is 35.5. The molecule has 0 spiro atoms. The van der Waals surface area contributed by atoms with E-state index in [9.17, 15) is 0 Å². The van der Waals surface area contributed by atoms with Crippen molar-refractivity contribution in [2.45, 2.75) is 25.3 Å². The first kappa shape index (κ1) is 14.2. The average molecular weight is 294 g/mol. The maximum Gasteiger partial charge on any atom is 0.0426 e. The van der Waals surface area contributed by atoms with Crippen LogP contribution in [0.4, 0.5) is 5.69 Å². The lowest BCUT2D eigenvalue weighted by Crippen LogP contribution is -2.51. The van der Waals surface area contributed by atoms with Gasteiger partial charge in [-0.05, 0) is 37.6 Å². The smallest absolute Gasteiger partial charge is 0.0426 e. The molecule has 2 fully saturated rings. The van der Waals surface area contributed by atoms with E-state index >= 15 is 0 Å². The molecule has 2 saturated heterocycles. The Bertz CT molecular complexity index is 423. The molecular weight excluding hydrogens is 270 g/mol. The second-order valence-electron chi connectivity index (χ2n) is 5.91. The Morgan fingerprint density at radius 2 is 2.00 bits per heavy atom. The zero-order valence-electron chi connectivity index (χ0n) is 12.0. The Morgan fingerprint density at radius 3 is 2.70 bits per heavy atom. The highest BCUT2D eigenvalue weighted by molar-refractivity contribution is 6.30. The molecule has 110 valence electrons. The van der Waals surface area contributed by atoms with Gasteiger partial charge in [0.2, 0.25) is 0 Å². The van der Waals surface area contributed by atoms with E-state index in [2.05, 4.69) is 27.2 Å². The maximum absolute atomic E-state index is 6.08. The molecule has 0 amide bonds. The van der Waals surface area contributed by atoms with E-state index in [-0.39, 0.29) is 0 Å². The van der Waals surface area contributed by atoms with Gasteiger partial charge >= 0.3 is 0 Å². The van der Waals surface area contributed by atoms with Crippen molar-refractivity contribution in [3.05, 3.63) is 29.3 Å². The second kappa shape index (κ2) is 6.79. The summed E-state index contributed by atoms with van der Waals surface area (Å²) in [6.45, 7) is 6.94. The summed E-state index contributed by atoms with van der Waals surface area (Å²) in [5.41, 5.74) is 1.26. The van der Waals surface area contributed by atoms with Crippen molar-refractivity contribution in [1.82, 2.24) is 10.2 Å². The molecule has 1 aromatic carbocycles. The van der Waals surface area contributed by atoms with E-state index in [4.69, 9.17) is 11.6 Å². The zero-order chi connectivity index (χ0) is 13.8. The van der Waals surface area contributed by atoms with Gasteiger partial charge in [-0.15, -0.1) is 0 Å². The fraction of sp³-hybridized carbons (Fsp3) is 0.625. The molecule has 3 rings (SSSR count). The molecule has 3 nitrogen and oxygen atoms in total. The summed E-state index contributed by atoms with van der Waals surface area (Å²) in [6, 6.07) is 8.91. The third-order valence-corrected chi connectivity index (χ3v) is 4.67. The fourth-order valence-corrected chi connectivity index (χ4v) is 3.44. The number of nitrogens with one attached hydrogen (secondary N) is 1. The van der Waals surface area contributed by atoms with Crippen LogP contribution in [-0.4, -0.2) is 50.2 Å². The lowest BCUT2D eigenvalue weighted by atomic mass is 10.0. The maximum atomic E-state index is 6.08. The number of nitrogens with zero attached hydrogens (tertiary/aromatic N) is 2. The van der Waals surface area contributed by atoms with E-state index in [0.29, 0.717) is 6.04 Å². The zero-order valence-corrected chi connectivity index (χ0v) is 12.8. The summed E-state index contributed by atoms with van der Waals surface area (Å²) < 4.78 is 0. The highest BCUT2D eigenvalue weighted by Gasteiger charge is 2.21. The van der Waals surface area contributed by atoms with E-state index in [1.165, 1.54) is 38.0 Å². The molecule has 2 aliphatic rings. The number of halogens is 1. The second-order valence-corrected chi connectivity index (χ2v) is 6.35. The van der Waals surface area contributed by atoms with Gasteiger partial charge in [0.15, 0.2) is 0 Å². The minimum Gasteiger partial charge on any atom is -0.369 e. The number of hydrogen-bond donors (Lipinski definition) is 1. The van der Waals surface area contributed by atoms with E-state index in [1.807, 2.05) is 12.1 Å². The van der Waals surface area contributed by atoms with Crippen molar-refractivity contribution >= 4 is 17.3 Å². The predicted molar refractivity (Wildman–Crippen MR) is 85.7 cm³/mol. The van der Waals surface area contributed by atoms with E-state index in [0.717, 1.165) is 31.2 Å². The van der Waals surface area contributed by atoms with Gasteiger partial charge in [-0.2, -0.15) is 0 Å². The van der Waals surface area contributed by atoms with Gasteiger partial charge < -0.3 is 10.2 Å². The van der Waals surface area contributed by atoms with Crippen LogP contribution in [0, 0.1) is 0 Å². The van der Waals surface area contributed by atoms with Gasteiger partial charge in [0.1, 0.15) is 0 Å². The summed E-state index contributed by atoms with van der Waals surface area (Å²) in [5.74, 6) is 0. The van der Waals surface area contributed by atoms with Crippen LogP contribution in [0.15, 0.2) is 24.3 Å². The first-order valence-corrected chi connectivity index (χ1v) is 8.15. The summed E-state index contributed by atoms with van der Waals surface area (Å²) in [4.78, 5) is 5.04. The number of anilines is 1. The third-order valence-electron chi connectivity index (χ3n) is 4.44. The highest BCUT2D eigenvalue weighted by Crippen LogP contribution is 2.21. The van der Waals surface area contributed by atoms with Crippen LogP contribution in [-0.2, 0) is 0 Å². The van der Waals surface area contributed by atoms with Gasteiger partial charge in [-0.1, -0.05) is 24.1 Å². The van der Waals surface area contributed by atoms with Crippen LogP contribution >= 0.6 is 11.6 Å². The number of rotatable bonds is 3. The molecule has 0 radical (unpaired) electrons. The molecule has 0 bridgehead atoms. The number of piperidine rings is 1. The van der Waals surface area contributed by atoms with Crippen molar-refractivity contribution in [2.75, 3.05) is 44.2 Å². The molecule has 1 unspecified atom stereocenters. The van der Waals surface area contributed by atoms with Crippen LogP contribution in [0.1, 0.15) is 19.3 Å². The summed E-state index contributed by atoms with van der Waals surface area (Å²) in [7, 11) is 0. The van der Waals surface area contributed by atoms with Crippen LogP contribution in [0.2, 0.25) is 5.02 Å². The predicted octanol–water partition coefficient (Wildman–Crippen LogP) is 2.60. The standard InChI is InChI=1S/C16H24ClN3/c17-14-4-3-6-16(12-14)20-10-8-19(9-11-20)13-15-5-1-2-7-18-15/h3-4,6,12,15,18H,1-2,5,7-11,13H2. The summed E-state index contributed by atoms with van der Waals surface area (Å²) in [6.07, 6.45) is 4.08. The van der Waals surface area contributed by atoms with Gasteiger partial charge in [0.05, 0.1) is 0 Å². The first-order valence-electron chi connectivity index (χ1n) is 7.77. The topological polar surface area (TPSA) is 18.5 Å². The Labute approximate surface area is 126 Å². The molecule has 1 aromatic rings. The minimum absolute atomic E-state index is 0.710. The van der Waals surface area contributed by atoms with Gasteiger partial charge in [-0.25, -0.2) is 0 Å². The van der Waals surface area contributed by atoms with Crippen molar-refractivity contribution in [3.63, 3.8) is 0 Å². The molecule has 20 heavy (non-hydrogen) atoms. The number of piperazine rings is 1. The Kier molecular flexibility index (Phi) is 4.81. The molecule has 2 aliphatic heterocycles. The van der Waals surface area contributed by atoms with Crippen molar-refractivity contribution in [2.24, 2.45) is 0 Å². The van der Waals surface area contributed by atoms with Crippen LogP contribution in [0.5, 0.6) is 0 Å². The first-order chi connectivity index (χ1) is 9.81. The Morgan fingerprint density at radius 1 is 1.15 bits per heavy atom. The number of hydrogen-bond acceptors (Lipinski definition) is 3. The lowest BCUT2D eigenvalue weighted by Gasteiger charge is -2.38. The van der Waals surface area contributed by atoms with E-state index < -0.39 is 0 Å². The Hall–Kier alpha value is -0.770. The van der Waals surface area contributed by atoms with Crippen molar-refractivity contribution in [1.29, 1.82) is 0 Å². The molecule has 1 atom stereocenters. The fourth-order valence-electron chi connectivity index (χ4n) is 3.25. The molecule has 0 aromatic heterocycles. The summed E-state index contributed by atoms with van der Waals surface area (Å²) >= 11 is 6.08.